The first kappa shape index (κ1) is 28.9. The Morgan fingerprint density at radius 1 is 0.875 bits per heavy atom. The number of carbonyl (C=O) groups excluding carboxylic acids is 2. The number of benzene rings is 1. The van der Waals surface area contributed by atoms with Gasteiger partial charge in [0.2, 0.25) is 9.70 Å². The van der Waals surface area contributed by atoms with E-state index in [2.05, 4.69) is 22.3 Å². The van der Waals surface area contributed by atoms with Gasteiger partial charge < -0.3 is 15.4 Å². The van der Waals surface area contributed by atoms with Gasteiger partial charge in [-0.05, 0) is 30.7 Å². The number of anilines is 1. The number of nitrogens with one attached hydrogen (secondary N) is 2. The summed E-state index contributed by atoms with van der Waals surface area (Å²) in [6.07, 6.45) is 12.9. The minimum Gasteiger partial charge on any atom is -0.465 e. The molecule has 0 aliphatic carbocycles. The highest BCUT2D eigenvalue weighted by Crippen LogP contribution is 2.31. The molecule has 0 aromatic heterocycles. The Hall–Kier alpha value is -1.17. The van der Waals surface area contributed by atoms with Gasteiger partial charge in [-0.3, -0.25) is 4.79 Å². The van der Waals surface area contributed by atoms with Crippen LogP contribution in [-0.2, 0) is 9.53 Å². The molecule has 0 aliphatic heterocycles. The highest BCUT2D eigenvalue weighted by atomic mass is 35.6. The first-order valence-electron chi connectivity index (χ1n) is 11.6. The quantitative estimate of drug-likeness (QED) is 0.106. The normalized spacial score (nSPS) is 12.3. The molecular weight excluding hydrogens is 471 g/mol. The monoisotopic (exact) mass is 506 g/mol. The van der Waals surface area contributed by atoms with Crippen molar-refractivity contribution in [3.05, 3.63) is 29.8 Å². The molecule has 1 aromatic rings. The Bertz CT molecular complexity index is 663. The van der Waals surface area contributed by atoms with Gasteiger partial charge in [-0.2, -0.15) is 0 Å². The molecule has 0 heterocycles. The van der Waals surface area contributed by atoms with E-state index in [9.17, 15) is 9.59 Å². The van der Waals surface area contributed by atoms with E-state index in [1.165, 1.54) is 58.5 Å². The van der Waals surface area contributed by atoms with Crippen LogP contribution in [0.4, 0.5) is 5.69 Å². The SMILES string of the molecule is CCCCCCCCCCCCCC(=O)N[C@H](Nc1ccc(C(=O)OC)cc1)C(Cl)(Cl)Cl. The number of carbonyl (C=O) groups is 2. The molecule has 0 radical (unpaired) electrons. The maximum Gasteiger partial charge on any atom is 0.337 e. The first-order valence-corrected chi connectivity index (χ1v) is 12.7. The number of alkyl halides is 3. The molecule has 0 unspecified atom stereocenters. The third kappa shape index (κ3) is 12.8. The lowest BCUT2D eigenvalue weighted by Crippen LogP contribution is -2.49. The van der Waals surface area contributed by atoms with Crippen LogP contribution < -0.4 is 10.6 Å². The van der Waals surface area contributed by atoms with Gasteiger partial charge in [-0.15, -0.1) is 0 Å². The van der Waals surface area contributed by atoms with Gasteiger partial charge in [0.25, 0.3) is 0 Å². The fourth-order valence-electron chi connectivity index (χ4n) is 3.37. The van der Waals surface area contributed by atoms with Crippen LogP contribution in [0.5, 0.6) is 0 Å². The second-order valence-corrected chi connectivity index (χ2v) is 10.4. The fraction of sp³-hybridized carbons (Fsp3) is 0.667. The summed E-state index contributed by atoms with van der Waals surface area (Å²) >= 11 is 18.1. The second-order valence-electron chi connectivity index (χ2n) is 8.04. The molecule has 0 saturated heterocycles. The average Bonchev–Trinajstić information content (AvgIpc) is 2.76. The summed E-state index contributed by atoms with van der Waals surface area (Å²) in [6.45, 7) is 2.24. The zero-order valence-corrected chi connectivity index (χ0v) is 21.5. The van der Waals surface area contributed by atoms with E-state index in [0.717, 1.165) is 19.3 Å². The van der Waals surface area contributed by atoms with E-state index in [1.807, 2.05) is 0 Å². The molecule has 32 heavy (non-hydrogen) atoms. The predicted molar refractivity (Wildman–Crippen MR) is 135 cm³/mol. The summed E-state index contributed by atoms with van der Waals surface area (Å²) in [6, 6.07) is 6.50. The van der Waals surface area contributed by atoms with Crippen molar-refractivity contribution in [2.45, 2.75) is 93.9 Å². The smallest absolute Gasteiger partial charge is 0.337 e. The van der Waals surface area contributed by atoms with Gasteiger partial charge >= 0.3 is 5.97 Å². The Balaban J connectivity index is 2.30. The van der Waals surface area contributed by atoms with Gasteiger partial charge in [0.05, 0.1) is 12.7 Å². The second kappa shape index (κ2) is 16.4. The molecule has 2 N–H and O–H groups in total. The molecule has 182 valence electrons. The Labute approximate surface area is 207 Å². The molecule has 0 aliphatic rings. The third-order valence-corrected chi connectivity index (χ3v) is 5.91. The lowest BCUT2D eigenvalue weighted by atomic mass is 10.1. The minimum atomic E-state index is -1.74. The molecule has 1 amide bonds. The van der Waals surface area contributed by atoms with E-state index >= 15 is 0 Å². The van der Waals surface area contributed by atoms with Crippen LogP contribution in [-0.4, -0.2) is 28.9 Å². The number of hydrogen-bond acceptors (Lipinski definition) is 4. The lowest BCUT2D eigenvalue weighted by Gasteiger charge is -2.27. The van der Waals surface area contributed by atoms with E-state index in [-0.39, 0.29) is 5.91 Å². The Kier molecular flexibility index (Phi) is 14.8. The molecule has 0 saturated carbocycles. The third-order valence-electron chi connectivity index (χ3n) is 5.26. The van der Waals surface area contributed by atoms with Crippen LogP contribution in [0.3, 0.4) is 0 Å². The predicted octanol–water partition coefficient (Wildman–Crippen LogP) is 7.40. The van der Waals surface area contributed by atoms with Crippen molar-refractivity contribution >= 4 is 52.4 Å². The highest BCUT2D eigenvalue weighted by molar-refractivity contribution is 6.68. The van der Waals surface area contributed by atoms with Crippen LogP contribution in [0, 0.1) is 0 Å². The van der Waals surface area contributed by atoms with Crippen LogP contribution in [0.1, 0.15) is 94.3 Å². The summed E-state index contributed by atoms with van der Waals surface area (Å²) in [5.74, 6) is -0.606. The van der Waals surface area contributed by atoms with Crippen LogP contribution >= 0.6 is 34.8 Å². The van der Waals surface area contributed by atoms with Crippen molar-refractivity contribution in [2.75, 3.05) is 12.4 Å². The van der Waals surface area contributed by atoms with Crippen molar-refractivity contribution in [2.24, 2.45) is 0 Å². The number of amides is 1. The summed E-state index contributed by atoms with van der Waals surface area (Å²) in [5.41, 5.74) is 1.01. The molecule has 1 atom stereocenters. The summed E-state index contributed by atoms with van der Waals surface area (Å²) in [7, 11) is 1.32. The number of rotatable bonds is 16. The number of unbranched alkanes of at least 4 members (excludes halogenated alkanes) is 10. The van der Waals surface area contributed by atoms with Crippen LogP contribution in [0.25, 0.3) is 0 Å². The van der Waals surface area contributed by atoms with Gasteiger partial charge in [-0.25, -0.2) is 4.79 Å². The van der Waals surface area contributed by atoms with E-state index in [0.29, 0.717) is 17.7 Å². The van der Waals surface area contributed by atoms with Gasteiger partial charge in [0, 0.05) is 12.1 Å². The zero-order chi connectivity index (χ0) is 23.8. The highest BCUT2D eigenvalue weighted by Gasteiger charge is 2.34. The van der Waals surface area contributed by atoms with E-state index < -0.39 is 15.9 Å². The molecule has 8 heteroatoms. The summed E-state index contributed by atoms with van der Waals surface area (Å²) < 4.78 is 2.93. The molecule has 0 spiro atoms. The zero-order valence-electron chi connectivity index (χ0n) is 19.2. The molecule has 1 aromatic carbocycles. The number of ether oxygens (including phenoxy) is 1. The van der Waals surface area contributed by atoms with E-state index in [1.54, 1.807) is 24.3 Å². The van der Waals surface area contributed by atoms with Crippen molar-refractivity contribution in [1.29, 1.82) is 0 Å². The van der Waals surface area contributed by atoms with Crippen LogP contribution in [0.15, 0.2) is 24.3 Å². The maximum absolute atomic E-state index is 12.3. The summed E-state index contributed by atoms with van der Waals surface area (Å²) in [5, 5.41) is 5.75. The van der Waals surface area contributed by atoms with Gasteiger partial charge in [0.1, 0.15) is 6.17 Å². The van der Waals surface area contributed by atoms with Crippen molar-refractivity contribution < 1.29 is 14.3 Å². The Morgan fingerprint density at radius 2 is 1.38 bits per heavy atom. The molecule has 0 bridgehead atoms. The minimum absolute atomic E-state index is 0.170. The Morgan fingerprint density at radius 3 is 1.84 bits per heavy atom. The maximum atomic E-state index is 12.3. The summed E-state index contributed by atoms with van der Waals surface area (Å²) in [4.78, 5) is 23.9. The van der Waals surface area contributed by atoms with Crippen LogP contribution in [0.2, 0.25) is 0 Å². The number of methoxy groups -OCH3 is 1. The largest absolute Gasteiger partial charge is 0.465 e. The number of hydrogen-bond donors (Lipinski definition) is 2. The average molecular weight is 508 g/mol. The van der Waals surface area contributed by atoms with Gasteiger partial charge in [0.15, 0.2) is 0 Å². The molecule has 1 rings (SSSR count). The molecular formula is C24H37Cl3N2O3. The van der Waals surface area contributed by atoms with E-state index in [4.69, 9.17) is 34.8 Å². The lowest BCUT2D eigenvalue weighted by molar-refractivity contribution is -0.121. The van der Waals surface area contributed by atoms with Gasteiger partial charge in [-0.1, -0.05) is 106 Å². The first-order chi connectivity index (χ1) is 15.3. The topological polar surface area (TPSA) is 67.4 Å². The fourth-order valence-corrected chi connectivity index (χ4v) is 3.70. The van der Waals surface area contributed by atoms with Crippen molar-refractivity contribution in [3.63, 3.8) is 0 Å². The number of halogens is 3. The standard InChI is InChI=1S/C24H37Cl3N2O3/c1-3-4-5-6-7-8-9-10-11-12-13-14-21(30)29-23(24(25,26)27)28-20-17-15-19(16-18-20)22(31)32-2/h15-18,23,28H,3-14H2,1-2H3,(H,29,30)/t23-/m0/s1. The molecule has 5 nitrogen and oxygen atoms in total. The number of esters is 1. The molecule has 0 fully saturated rings. The van der Waals surface area contributed by atoms with Crippen molar-refractivity contribution in [1.82, 2.24) is 5.32 Å². The van der Waals surface area contributed by atoms with Crippen molar-refractivity contribution in [3.8, 4) is 0 Å².